The van der Waals surface area contributed by atoms with Crippen LogP contribution in [-0.4, -0.2) is 23.2 Å². The van der Waals surface area contributed by atoms with Gasteiger partial charge in [-0.05, 0) is 20.3 Å². The lowest BCUT2D eigenvalue weighted by Gasteiger charge is -2.19. The minimum absolute atomic E-state index is 0.0315. The Morgan fingerprint density at radius 2 is 2.08 bits per heavy atom. The fourth-order valence-electron chi connectivity index (χ4n) is 1.04. The lowest BCUT2D eigenvalue weighted by molar-refractivity contribution is -0.125. The highest BCUT2D eigenvalue weighted by Crippen LogP contribution is 2.05. The molecule has 0 heterocycles. The Bertz CT molecular complexity index is 161. The molecule has 0 aliphatic rings. The van der Waals surface area contributed by atoms with Gasteiger partial charge >= 0.3 is 0 Å². The molecule has 0 spiro atoms. The number of hydrogen-bond acceptors (Lipinski definition) is 2. The van der Waals surface area contributed by atoms with E-state index in [1.165, 1.54) is 0 Å². The molecule has 0 radical (unpaired) electrons. The molecule has 0 unspecified atom stereocenters. The molecule has 0 aromatic carbocycles. The SMILES string of the molecule is CCC[C@@H](C)C(=O)NCC(C)(C)O. The Kier molecular flexibility index (Phi) is 4.99. The van der Waals surface area contributed by atoms with Crippen molar-refractivity contribution in [2.75, 3.05) is 6.54 Å². The minimum atomic E-state index is -0.818. The molecular weight excluding hydrogens is 166 g/mol. The first kappa shape index (κ1) is 12.4. The zero-order chi connectivity index (χ0) is 10.5. The number of rotatable bonds is 5. The molecule has 2 N–H and O–H groups in total. The fourth-order valence-corrected chi connectivity index (χ4v) is 1.04. The van der Waals surface area contributed by atoms with Crippen LogP contribution in [0, 0.1) is 5.92 Å². The van der Waals surface area contributed by atoms with Crippen molar-refractivity contribution in [1.29, 1.82) is 0 Å². The van der Waals surface area contributed by atoms with Gasteiger partial charge in [0.2, 0.25) is 5.91 Å². The second-order valence-corrected chi connectivity index (χ2v) is 4.22. The summed E-state index contributed by atoms with van der Waals surface area (Å²) in [4.78, 5) is 11.4. The van der Waals surface area contributed by atoms with Crippen LogP contribution in [0.5, 0.6) is 0 Å². The molecule has 0 saturated heterocycles. The molecule has 0 fully saturated rings. The first-order valence-corrected chi connectivity index (χ1v) is 4.87. The predicted octanol–water partition coefficient (Wildman–Crippen LogP) is 1.31. The summed E-state index contributed by atoms with van der Waals surface area (Å²) in [5.41, 5.74) is -0.818. The summed E-state index contributed by atoms with van der Waals surface area (Å²) < 4.78 is 0. The zero-order valence-corrected chi connectivity index (χ0v) is 9.05. The molecule has 0 saturated carbocycles. The van der Waals surface area contributed by atoms with Crippen molar-refractivity contribution >= 4 is 5.91 Å². The molecule has 0 aliphatic heterocycles. The van der Waals surface area contributed by atoms with Gasteiger partial charge in [0.15, 0.2) is 0 Å². The maximum absolute atomic E-state index is 11.4. The van der Waals surface area contributed by atoms with Crippen molar-refractivity contribution in [3.05, 3.63) is 0 Å². The number of nitrogens with one attached hydrogen (secondary N) is 1. The van der Waals surface area contributed by atoms with Crippen LogP contribution in [0.25, 0.3) is 0 Å². The Labute approximate surface area is 80.5 Å². The summed E-state index contributed by atoms with van der Waals surface area (Å²) in [6.45, 7) is 7.64. The summed E-state index contributed by atoms with van der Waals surface area (Å²) in [5, 5.41) is 12.1. The molecule has 0 rings (SSSR count). The van der Waals surface area contributed by atoms with Crippen molar-refractivity contribution in [3.8, 4) is 0 Å². The lowest BCUT2D eigenvalue weighted by Crippen LogP contribution is -2.40. The molecule has 0 aromatic rings. The molecule has 78 valence electrons. The first-order valence-electron chi connectivity index (χ1n) is 4.87. The first-order chi connectivity index (χ1) is 5.87. The number of aliphatic hydroxyl groups is 1. The van der Waals surface area contributed by atoms with Crippen LogP contribution in [-0.2, 0) is 4.79 Å². The topological polar surface area (TPSA) is 49.3 Å². The quantitative estimate of drug-likeness (QED) is 0.681. The van der Waals surface area contributed by atoms with Gasteiger partial charge in [0.05, 0.1) is 5.60 Å². The number of carbonyl (C=O) groups excluding carboxylic acids is 1. The van der Waals surface area contributed by atoms with Crippen LogP contribution >= 0.6 is 0 Å². The number of carbonyl (C=O) groups is 1. The maximum Gasteiger partial charge on any atom is 0.222 e. The van der Waals surface area contributed by atoms with Gasteiger partial charge in [0, 0.05) is 12.5 Å². The van der Waals surface area contributed by atoms with Crippen molar-refractivity contribution in [2.45, 2.75) is 46.1 Å². The normalized spacial score (nSPS) is 13.9. The largest absolute Gasteiger partial charge is 0.389 e. The van der Waals surface area contributed by atoms with Crippen molar-refractivity contribution in [3.63, 3.8) is 0 Å². The van der Waals surface area contributed by atoms with Gasteiger partial charge in [0.1, 0.15) is 0 Å². The van der Waals surface area contributed by atoms with E-state index in [0.717, 1.165) is 12.8 Å². The molecule has 0 bridgehead atoms. The second kappa shape index (κ2) is 5.22. The third kappa shape index (κ3) is 6.58. The number of amides is 1. The van der Waals surface area contributed by atoms with Crippen molar-refractivity contribution in [1.82, 2.24) is 5.32 Å². The summed E-state index contributed by atoms with van der Waals surface area (Å²) in [6, 6.07) is 0. The van der Waals surface area contributed by atoms with E-state index in [0.29, 0.717) is 6.54 Å². The summed E-state index contributed by atoms with van der Waals surface area (Å²) in [5.74, 6) is 0.0799. The Balaban J connectivity index is 3.74. The van der Waals surface area contributed by atoms with Crippen LogP contribution in [0.1, 0.15) is 40.5 Å². The Hall–Kier alpha value is -0.570. The van der Waals surface area contributed by atoms with E-state index in [4.69, 9.17) is 0 Å². The lowest BCUT2D eigenvalue weighted by atomic mass is 10.0. The molecule has 3 nitrogen and oxygen atoms in total. The standard InChI is InChI=1S/C10H21NO2/c1-5-6-8(2)9(12)11-7-10(3,4)13/h8,13H,5-7H2,1-4H3,(H,11,12)/t8-/m1/s1. The fraction of sp³-hybridized carbons (Fsp3) is 0.900. The molecule has 13 heavy (non-hydrogen) atoms. The van der Waals surface area contributed by atoms with Crippen LogP contribution in [0.15, 0.2) is 0 Å². The summed E-state index contributed by atoms with van der Waals surface area (Å²) in [6.07, 6.45) is 1.91. The Morgan fingerprint density at radius 3 is 2.46 bits per heavy atom. The molecule has 3 heteroatoms. The van der Waals surface area contributed by atoms with Gasteiger partial charge in [-0.2, -0.15) is 0 Å². The minimum Gasteiger partial charge on any atom is -0.389 e. The van der Waals surface area contributed by atoms with Gasteiger partial charge in [-0.1, -0.05) is 20.3 Å². The van der Waals surface area contributed by atoms with E-state index in [1.54, 1.807) is 13.8 Å². The van der Waals surface area contributed by atoms with Crippen molar-refractivity contribution < 1.29 is 9.90 Å². The highest BCUT2D eigenvalue weighted by molar-refractivity contribution is 5.78. The molecular formula is C10H21NO2. The Morgan fingerprint density at radius 1 is 1.54 bits per heavy atom. The second-order valence-electron chi connectivity index (χ2n) is 4.22. The molecule has 0 aromatic heterocycles. The van der Waals surface area contributed by atoms with E-state index in [9.17, 15) is 9.90 Å². The van der Waals surface area contributed by atoms with Gasteiger partial charge in [-0.25, -0.2) is 0 Å². The van der Waals surface area contributed by atoms with E-state index in [2.05, 4.69) is 12.2 Å². The average molecular weight is 187 g/mol. The summed E-state index contributed by atoms with van der Waals surface area (Å²) in [7, 11) is 0. The molecule has 0 aliphatic carbocycles. The highest BCUT2D eigenvalue weighted by atomic mass is 16.3. The van der Waals surface area contributed by atoms with Gasteiger partial charge in [-0.3, -0.25) is 4.79 Å². The maximum atomic E-state index is 11.4. The van der Waals surface area contributed by atoms with Crippen molar-refractivity contribution in [2.24, 2.45) is 5.92 Å². The summed E-state index contributed by atoms with van der Waals surface area (Å²) >= 11 is 0. The van der Waals surface area contributed by atoms with E-state index >= 15 is 0 Å². The molecule has 1 amide bonds. The van der Waals surface area contributed by atoms with E-state index in [1.807, 2.05) is 6.92 Å². The number of hydrogen-bond donors (Lipinski definition) is 2. The predicted molar refractivity (Wildman–Crippen MR) is 53.4 cm³/mol. The van der Waals surface area contributed by atoms with Crippen LogP contribution in [0.3, 0.4) is 0 Å². The van der Waals surface area contributed by atoms with Gasteiger partial charge in [-0.15, -0.1) is 0 Å². The zero-order valence-electron chi connectivity index (χ0n) is 9.05. The van der Waals surface area contributed by atoms with Gasteiger partial charge < -0.3 is 10.4 Å². The van der Waals surface area contributed by atoms with E-state index in [-0.39, 0.29) is 11.8 Å². The smallest absolute Gasteiger partial charge is 0.222 e. The van der Waals surface area contributed by atoms with Crippen LogP contribution in [0.4, 0.5) is 0 Å². The van der Waals surface area contributed by atoms with Crippen LogP contribution < -0.4 is 5.32 Å². The average Bonchev–Trinajstić information content (AvgIpc) is 1.99. The van der Waals surface area contributed by atoms with E-state index < -0.39 is 5.60 Å². The molecule has 1 atom stereocenters. The van der Waals surface area contributed by atoms with Crippen LogP contribution in [0.2, 0.25) is 0 Å². The highest BCUT2D eigenvalue weighted by Gasteiger charge is 2.16. The third-order valence-electron chi connectivity index (χ3n) is 1.86. The third-order valence-corrected chi connectivity index (χ3v) is 1.86. The van der Waals surface area contributed by atoms with Gasteiger partial charge in [0.25, 0.3) is 0 Å². The monoisotopic (exact) mass is 187 g/mol.